The first kappa shape index (κ1) is 27.4. The summed E-state index contributed by atoms with van der Waals surface area (Å²) in [5.74, 6) is -0.0717. The quantitative estimate of drug-likeness (QED) is 0.430. The molecule has 2 heterocycles. The van der Waals surface area contributed by atoms with E-state index in [9.17, 15) is 23.7 Å². The summed E-state index contributed by atoms with van der Waals surface area (Å²) >= 11 is 1.57. The van der Waals surface area contributed by atoms with Gasteiger partial charge in [0, 0.05) is 36.2 Å². The second-order valence-electron chi connectivity index (χ2n) is 11.3. The summed E-state index contributed by atoms with van der Waals surface area (Å²) in [4.78, 5) is 21.7. The number of amides is 1. The van der Waals surface area contributed by atoms with Crippen molar-refractivity contribution in [1.82, 2.24) is 10.3 Å². The lowest BCUT2D eigenvalue weighted by atomic mass is 9.76. The lowest BCUT2D eigenvalue weighted by Crippen LogP contribution is -2.42. The SMILES string of the molecule is N#Cc1cccc(-c2nc(C3CCCCC3C(=O)NC3(C#N)CC3)c(-c3ccc(N4CCS(=O)(=O)CC4)cc3)s2)c1. The van der Waals surface area contributed by atoms with Gasteiger partial charge in [-0.2, -0.15) is 10.5 Å². The molecule has 3 fully saturated rings. The molecule has 1 aliphatic heterocycles. The molecule has 3 aromatic rings. The highest BCUT2D eigenvalue weighted by Gasteiger charge is 2.47. The van der Waals surface area contributed by atoms with E-state index in [1.807, 2.05) is 30.3 Å². The van der Waals surface area contributed by atoms with Gasteiger partial charge in [0.1, 0.15) is 10.5 Å². The number of anilines is 1. The minimum atomic E-state index is -2.96. The molecule has 3 aliphatic rings. The predicted octanol–water partition coefficient (Wildman–Crippen LogP) is 5.03. The minimum absolute atomic E-state index is 0.0591. The summed E-state index contributed by atoms with van der Waals surface area (Å²) in [6.07, 6.45) is 4.96. The van der Waals surface area contributed by atoms with Crippen molar-refractivity contribution in [2.45, 2.75) is 50.0 Å². The predicted molar refractivity (Wildman–Crippen MR) is 159 cm³/mol. The van der Waals surface area contributed by atoms with Gasteiger partial charge in [-0.3, -0.25) is 4.79 Å². The van der Waals surface area contributed by atoms with Gasteiger partial charge >= 0.3 is 0 Å². The van der Waals surface area contributed by atoms with Crippen LogP contribution < -0.4 is 10.2 Å². The van der Waals surface area contributed by atoms with Crippen molar-refractivity contribution in [1.29, 1.82) is 10.5 Å². The molecule has 1 amide bonds. The average Bonchev–Trinajstić information content (AvgIpc) is 3.63. The van der Waals surface area contributed by atoms with Crippen LogP contribution in [0.4, 0.5) is 5.69 Å². The van der Waals surface area contributed by atoms with Gasteiger partial charge in [-0.05, 0) is 55.5 Å². The Morgan fingerprint density at radius 2 is 1.76 bits per heavy atom. The van der Waals surface area contributed by atoms with Crippen LogP contribution in [-0.4, -0.2) is 49.4 Å². The van der Waals surface area contributed by atoms with Crippen LogP contribution in [0.1, 0.15) is 55.7 Å². The highest BCUT2D eigenvalue weighted by Crippen LogP contribution is 2.46. The van der Waals surface area contributed by atoms with Gasteiger partial charge < -0.3 is 10.2 Å². The second-order valence-corrected chi connectivity index (χ2v) is 14.6. The van der Waals surface area contributed by atoms with Crippen LogP contribution in [0.5, 0.6) is 0 Å². The number of thiazole rings is 1. The van der Waals surface area contributed by atoms with Crippen molar-refractivity contribution in [3.05, 3.63) is 59.8 Å². The Hall–Kier alpha value is -3.73. The smallest absolute Gasteiger partial charge is 0.225 e. The summed E-state index contributed by atoms with van der Waals surface area (Å²) in [5, 5.41) is 22.9. The zero-order chi connectivity index (χ0) is 28.6. The molecule has 2 aromatic carbocycles. The maximum Gasteiger partial charge on any atom is 0.225 e. The molecular weight excluding hydrogens is 555 g/mol. The molecule has 2 saturated carbocycles. The van der Waals surface area contributed by atoms with Crippen LogP contribution in [0, 0.1) is 28.6 Å². The van der Waals surface area contributed by atoms with E-state index in [1.54, 1.807) is 17.4 Å². The van der Waals surface area contributed by atoms with Crippen LogP contribution in [-0.2, 0) is 14.6 Å². The molecule has 10 heteroatoms. The first-order valence-electron chi connectivity index (χ1n) is 14.1. The number of benzene rings is 2. The summed E-state index contributed by atoms with van der Waals surface area (Å²) in [7, 11) is -2.96. The van der Waals surface area contributed by atoms with Gasteiger partial charge in [-0.25, -0.2) is 13.4 Å². The lowest BCUT2D eigenvalue weighted by Gasteiger charge is -2.31. The Kier molecular flexibility index (Phi) is 7.31. The molecule has 6 rings (SSSR count). The molecule has 0 radical (unpaired) electrons. The molecular formula is C31H31N5O3S2. The summed E-state index contributed by atoms with van der Waals surface area (Å²) in [6.45, 7) is 0.964. The number of rotatable bonds is 6. The second kappa shape index (κ2) is 10.9. The number of sulfone groups is 1. The highest BCUT2D eigenvalue weighted by atomic mass is 32.2. The maximum atomic E-state index is 13.5. The molecule has 210 valence electrons. The van der Waals surface area contributed by atoms with E-state index in [4.69, 9.17) is 4.98 Å². The summed E-state index contributed by atoms with van der Waals surface area (Å²) < 4.78 is 23.8. The van der Waals surface area contributed by atoms with E-state index in [0.29, 0.717) is 31.5 Å². The maximum absolute atomic E-state index is 13.5. The molecule has 2 unspecified atom stereocenters. The first-order valence-corrected chi connectivity index (χ1v) is 16.7. The number of nitrogens with zero attached hydrogens (tertiary/aromatic N) is 4. The number of hydrogen-bond acceptors (Lipinski definition) is 8. The Morgan fingerprint density at radius 1 is 1.02 bits per heavy atom. The van der Waals surface area contributed by atoms with Gasteiger partial charge in [0.15, 0.2) is 9.84 Å². The molecule has 0 spiro atoms. The standard InChI is InChI=1S/C31H31N5O3S2/c32-19-21-4-3-5-23(18-21)30-34-27(25-6-1-2-7-26(25)29(37)35-31(20-33)12-13-31)28(40-30)22-8-10-24(11-9-22)36-14-16-41(38,39)17-15-36/h3-5,8-11,18,25-26H,1-2,6-7,12-17H2,(H,35,37). The van der Waals surface area contributed by atoms with Crippen LogP contribution >= 0.6 is 11.3 Å². The Bertz CT molecular complexity index is 1650. The van der Waals surface area contributed by atoms with Crippen LogP contribution in [0.2, 0.25) is 0 Å². The number of nitriles is 2. The zero-order valence-electron chi connectivity index (χ0n) is 22.7. The Balaban J connectivity index is 1.36. The third kappa shape index (κ3) is 5.72. The molecule has 2 aliphatic carbocycles. The number of carbonyl (C=O) groups is 1. The van der Waals surface area contributed by atoms with E-state index in [0.717, 1.165) is 58.1 Å². The van der Waals surface area contributed by atoms with Crippen molar-refractivity contribution >= 4 is 32.8 Å². The Morgan fingerprint density at radius 3 is 2.44 bits per heavy atom. The summed E-state index contributed by atoms with van der Waals surface area (Å²) in [5.41, 5.74) is 3.59. The largest absolute Gasteiger partial charge is 0.369 e. The van der Waals surface area contributed by atoms with E-state index >= 15 is 0 Å². The van der Waals surface area contributed by atoms with Crippen molar-refractivity contribution in [2.24, 2.45) is 5.92 Å². The first-order chi connectivity index (χ1) is 19.8. The van der Waals surface area contributed by atoms with E-state index < -0.39 is 15.4 Å². The van der Waals surface area contributed by atoms with E-state index in [-0.39, 0.29) is 29.2 Å². The number of aromatic nitrogens is 1. The van der Waals surface area contributed by atoms with Gasteiger partial charge in [-0.15, -0.1) is 11.3 Å². The van der Waals surface area contributed by atoms with Gasteiger partial charge in [0.05, 0.1) is 39.8 Å². The fraction of sp³-hybridized carbons (Fsp3) is 0.419. The van der Waals surface area contributed by atoms with Gasteiger partial charge in [0.25, 0.3) is 0 Å². The number of carbonyl (C=O) groups excluding carboxylic acids is 1. The molecule has 1 aromatic heterocycles. The fourth-order valence-corrected chi connectivity index (χ4v) is 8.26. The van der Waals surface area contributed by atoms with Crippen LogP contribution in [0.3, 0.4) is 0 Å². The number of hydrogen-bond donors (Lipinski definition) is 1. The van der Waals surface area contributed by atoms with Crippen molar-refractivity contribution in [3.63, 3.8) is 0 Å². The monoisotopic (exact) mass is 585 g/mol. The molecule has 1 saturated heterocycles. The van der Waals surface area contributed by atoms with Gasteiger partial charge in [0.2, 0.25) is 5.91 Å². The van der Waals surface area contributed by atoms with Crippen LogP contribution in [0.15, 0.2) is 48.5 Å². The third-order valence-corrected chi connectivity index (χ3v) is 11.3. The zero-order valence-corrected chi connectivity index (χ0v) is 24.3. The fourth-order valence-electron chi connectivity index (χ4n) is 5.92. The van der Waals surface area contributed by atoms with Crippen molar-refractivity contribution in [2.75, 3.05) is 29.5 Å². The van der Waals surface area contributed by atoms with Gasteiger partial charge in [-0.1, -0.05) is 37.1 Å². The Labute approximate surface area is 244 Å². The minimum Gasteiger partial charge on any atom is -0.369 e. The van der Waals surface area contributed by atoms with E-state index in [2.05, 4.69) is 34.5 Å². The van der Waals surface area contributed by atoms with Crippen molar-refractivity contribution < 1.29 is 13.2 Å². The third-order valence-electron chi connectivity index (χ3n) is 8.51. The molecule has 8 nitrogen and oxygen atoms in total. The normalized spacial score (nSPS) is 22.7. The average molecular weight is 586 g/mol. The lowest BCUT2D eigenvalue weighted by molar-refractivity contribution is -0.127. The summed E-state index contributed by atoms with van der Waals surface area (Å²) in [6, 6.07) is 20.1. The van der Waals surface area contributed by atoms with Crippen LogP contribution in [0.25, 0.3) is 21.0 Å². The highest BCUT2D eigenvalue weighted by molar-refractivity contribution is 7.91. The molecule has 41 heavy (non-hydrogen) atoms. The van der Waals surface area contributed by atoms with Crippen molar-refractivity contribution in [3.8, 4) is 33.2 Å². The molecule has 2 atom stereocenters. The van der Waals surface area contributed by atoms with E-state index in [1.165, 1.54) is 0 Å². The topological polar surface area (TPSA) is 127 Å². The molecule has 1 N–H and O–H groups in total. The molecule has 0 bridgehead atoms. The number of nitrogens with one attached hydrogen (secondary N) is 1.